The van der Waals surface area contributed by atoms with Crippen LogP contribution >= 0.6 is 0 Å². The number of carbonyl (C=O) groups excluding carboxylic acids is 1. The van der Waals surface area contributed by atoms with Gasteiger partial charge in [0.25, 0.3) is 0 Å². The number of halogens is 2. The molecular formula is C22H22F2N4O2. The summed E-state index contributed by atoms with van der Waals surface area (Å²) in [5, 5.41) is 11.5. The Morgan fingerprint density at radius 1 is 1.23 bits per heavy atom. The molecule has 2 aromatic carbocycles. The maximum absolute atomic E-state index is 14.0. The van der Waals surface area contributed by atoms with Crippen LogP contribution in [0.5, 0.6) is 5.75 Å². The number of likely N-dealkylation sites (tertiary alicyclic amines) is 1. The van der Waals surface area contributed by atoms with Crippen LogP contribution in [0, 0.1) is 23.0 Å². The van der Waals surface area contributed by atoms with E-state index in [-0.39, 0.29) is 11.1 Å². The molecule has 6 nitrogen and oxygen atoms in total. The predicted molar refractivity (Wildman–Crippen MR) is 109 cm³/mol. The fourth-order valence-electron chi connectivity index (χ4n) is 4.40. The maximum atomic E-state index is 14.0. The molecule has 0 radical (unpaired) electrons. The van der Waals surface area contributed by atoms with E-state index in [0.29, 0.717) is 18.8 Å². The number of urea groups is 1. The van der Waals surface area contributed by atoms with Crippen molar-refractivity contribution in [2.75, 3.05) is 43.5 Å². The zero-order valence-corrected chi connectivity index (χ0v) is 16.6. The molecule has 2 aliphatic heterocycles. The quantitative estimate of drug-likeness (QED) is 0.777. The van der Waals surface area contributed by atoms with Gasteiger partial charge in [0.05, 0.1) is 25.4 Å². The van der Waals surface area contributed by atoms with Gasteiger partial charge in [-0.15, -0.1) is 0 Å². The van der Waals surface area contributed by atoms with E-state index in [0.717, 1.165) is 49.3 Å². The zero-order chi connectivity index (χ0) is 21.3. The minimum Gasteiger partial charge on any atom is -0.497 e. The number of hydrogen-bond donors (Lipinski definition) is 1. The summed E-state index contributed by atoms with van der Waals surface area (Å²) in [5.41, 5.74) is 1.45. The molecule has 2 amide bonds. The number of hydrogen-bond acceptors (Lipinski definition) is 4. The van der Waals surface area contributed by atoms with Gasteiger partial charge < -0.3 is 10.1 Å². The van der Waals surface area contributed by atoms with E-state index < -0.39 is 17.7 Å². The molecule has 4 rings (SSSR count). The number of nitriles is 1. The Labute approximate surface area is 173 Å². The molecule has 0 bridgehead atoms. The van der Waals surface area contributed by atoms with Gasteiger partial charge in [-0.05, 0) is 48.7 Å². The lowest BCUT2D eigenvalue weighted by Gasteiger charge is -2.39. The summed E-state index contributed by atoms with van der Waals surface area (Å²) in [4.78, 5) is 16.7. The van der Waals surface area contributed by atoms with Crippen LogP contribution in [0.15, 0.2) is 36.4 Å². The van der Waals surface area contributed by atoms with Crippen LogP contribution in [0.2, 0.25) is 0 Å². The van der Waals surface area contributed by atoms with Crippen LogP contribution in [0.3, 0.4) is 0 Å². The lowest BCUT2D eigenvalue weighted by Crippen LogP contribution is -2.46. The molecule has 0 atom stereocenters. The fraction of sp³-hybridized carbons (Fsp3) is 0.364. The van der Waals surface area contributed by atoms with Crippen LogP contribution < -0.4 is 15.0 Å². The third kappa shape index (κ3) is 3.57. The summed E-state index contributed by atoms with van der Waals surface area (Å²) in [6.45, 7) is 2.35. The third-order valence-corrected chi connectivity index (χ3v) is 6.05. The van der Waals surface area contributed by atoms with E-state index in [1.54, 1.807) is 18.1 Å². The molecule has 1 saturated heterocycles. The normalized spacial score (nSPS) is 17.5. The van der Waals surface area contributed by atoms with Crippen molar-refractivity contribution < 1.29 is 18.3 Å². The maximum Gasteiger partial charge on any atom is 0.326 e. The standard InChI is InChI=1S/C22H22F2N4O2/c1-30-16-3-5-20-17(13-16)22(6-9-27(10-7-22)11-8-25)14-28(20)21(29)26-19-4-2-15(23)12-18(19)24/h2-5,12-13H,6-7,9-11,14H2,1H3,(H,26,29). The topological polar surface area (TPSA) is 68.6 Å². The average Bonchev–Trinajstić information content (AvgIpc) is 3.05. The molecule has 30 heavy (non-hydrogen) atoms. The zero-order valence-electron chi connectivity index (χ0n) is 16.6. The first-order chi connectivity index (χ1) is 14.5. The summed E-state index contributed by atoms with van der Waals surface area (Å²) in [5.74, 6) is -0.816. The Morgan fingerprint density at radius 2 is 2.00 bits per heavy atom. The molecule has 2 heterocycles. The molecule has 0 aliphatic carbocycles. The monoisotopic (exact) mass is 412 g/mol. The van der Waals surface area contributed by atoms with Crippen LogP contribution in [-0.2, 0) is 5.41 Å². The van der Waals surface area contributed by atoms with Gasteiger partial charge in [-0.1, -0.05) is 0 Å². The van der Waals surface area contributed by atoms with Crippen LogP contribution in [0.4, 0.5) is 25.0 Å². The lowest BCUT2D eigenvalue weighted by molar-refractivity contribution is 0.182. The molecule has 0 saturated carbocycles. The molecule has 2 aromatic rings. The highest BCUT2D eigenvalue weighted by Crippen LogP contribution is 2.48. The van der Waals surface area contributed by atoms with Crippen molar-refractivity contribution in [2.24, 2.45) is 0 Å². The number of carbonyl (C=O) groups is 1. The van der Waals surface area contributed by atoms with Crippen molar-refractivity contribution >= 4 is 17.4 Å². The van der Waals surface area contributed by atoms with Crippen molar-refractivity contribution in [1.82, 2.24) is 4.90 Å². The number of fused-ring (bicyclic) bond motifs is 2. The van der Waals surface area contributed by atoms with E-state index in [4.69, 9.17) is 10.00 Å². The van der Waals surface area contributed by atoms with Crippen LogP contribution in [0.25, 0.3) is 0 Å². The Kier molecular flexibility index (Phi) is 5.31. The van der Waals surface area contributed by atoms with Crippen molar-refractivity contribution in [3.63, 3.8) is 0 Å². The smallest absolute Gasteiger partial charge is 0.326 e. The van der Waals surface area contributed by atoms with E-state index in [1.807, 2.05) is 12.1 Å². The van der Waals surface area contributed by atoms with E-state index in [2.05, 4.69) is 16.3 Å². The van der Waals surface area contributed by atoms with E-state index in [9.17, 15) is 13.6 Å². The van der Waals surface area contributed by atoms with Gasteiger partial charge >= 0.3 is 6.03 Å². The number of piperidine rings is 1. The molecule has 1 N–H and O–H groups in total. The first-order valence-electron chi connectivity index (χ1n) is 9.77. The average molecular weight is 412 g/mol. The summed E-state index contributed by atoms with van der Waals surface area (Å²) in [6, 6.07) is 10.4. The first-order valence-corrected chi connectivity index (χ1v) is 9.77. The molecule has 0 aromatic heterocycles. The molecule has 1 spiro atoms. The molecule has 0 unspecified atom stereocenters. The Balaban J connectivity index is 1.63. The van der Waals surface area contributed by atoms with Gasteiger partial charge in [0.1, 0.15) is 17.4 Å². The Bertz CT molecular complexity index is 1010. The predicted octanol–water partition coefficient (Wildman–Crippen LogP) is 3.88. The van der Waals surface area contributed by atoms with Crippen molar-refractivity contribution in [1.29, 1.82) is 5.26 Å². The molecule has 156 valence electrons. The number of nitrogens with one attached hydrogen (secondary N) is 1. The number of amides is 2. The number of methoxy groups -OCH3 is 1. The number of benzene rings is 2. The number of anilines is 2. The molecule has 1 fully saturated rings. The Hall–Kier alpha value is -3.18. The second-order valence-corrected chi connectivity index (χ2v) is 7.74. The fourth-order valence-corrected chi connectivity index (χ4v) is 4.40. The number of rotatable bonds is 3. The number of ether oxygens (including phenoxy) is 1. The van der Waals surface area contributed by atoms with Gasteiger partial charge in [-0.2, -0.15) is 5.26 Å². The minimum absolute atomic E-state index is 0.0683. The van der Waals surface area contributed by atoms with Crippen molar-refractivity contribution in [3.8, 4) is 11.8 Å². The summed E-state index contributed by atoms with van der Waals surface area (Å²) in [7, 11) is 1.60. The third-order valence-electron chi connectivity index (χ3n) is 6.05. The summed E-state index contributed by atoms with van der Waals surface area (Å²) >= 11 is 0. The molecule has 2 aliphatic rings. The van der Waals surface area contributed by atoms with Crippen LogP contribution in [0.1, 0.15) is 18.4 Å². The van der Waals surface area contributed by atoms with Crippen molar-refractivity contribution in [2.45, 2.75) is 18.3 Å². The lowest BCUT2D eigenvalue weighted by atomic mass is 9.74. The van der Waals surface area contributed by atoms with Gasteiger partial charge in [-0.3, -0.25) is 9.80 Å². The van der Waals surface area contributed by atoms with Gasteiger partial charge in [-0.25, -0.2) is 13.6 Å². The number of nitrogens with zero attached hydrogens (tertiary/aromatic N) is 3. The van der Waals surface area contributed by atoms with Crippen molar-refractivity contribution in [3.05, 3.63) is 53.6 Å². The second kappa shape index (κ2) is 7.92. The van der Waals surface area contributed by atoms with Crippen LogP contribution in [-0.4, -0.2) is 44.2 Å². The largest absolute Gasteiger partial charge is 0.497 e. The Morgan fingerprint density at radius 3 is 2.67 bits per heavy atom. The van der Waals surface area contributed by atoms with Gasteiger partial charge in [0.2, 0.25) is 0 Å². The first kappa shape index (κ1) is 20.1. The summed E-state index contributed by atoms with van der Waals surface area (Å²) in [6.07, 6.45) is 1.59. The van der Waals surface area contributed by atoms with E-state index in [1.165, 1.54) is 6.07 Å². The van der Waals surface area contributed by atoms with Gasteiger partial charge in [0, 0.05) is 36.8 Å². The molecule has 8 heteroatoms. The SMILES string of the molecule is COc1ccc2c(c1)C1(CCN(CC#N)CC1)CN2C(=O)Nc1ccc(F)cc1F. The van der Waals surface area contributed by atoms with Gasteiger partial charge in [0.15, 0.2) is 0 Å². The minimum atomic E-state index is -0.822. The highest BCUT2D eigenvalue weighted by molar-refractivity contribution is 6.03. The highest BCUT2D eigenvalue weighted by Gasteiger charge is 2.46. The van der Waals surface area contributed by atoms with E-state index >= 15 is 0 Å². The highest BCUT2D eigenvalue weighted by atomic mass is 19.1. The molecular weight excluding hydrogens is 390 g/mol. The summed E-state index contributed by atoms with van der Waals surface area (Å²) < 4.78 is 32.6. The second-order valence-electron chi connectivity index (χ2n) is 7.74.